The Bertz CT molecular complexity index is 710. The summed E-state index contributed by atoms with van der Waals surface area (Å²) in [5.74, 6) is 5.68. The van der Waals surface area contributed by atoms with Gasteiger partial charge in [-0.05, 0) is 31.5 Å². The number of hydrogen-bond acceptors (Lipinski definition) is 4. The van der Waals surface area contributed by atoms with Crippen molar-refractivity contribution in [1.82, 2.24) is 10.3 Å². The second-order valence-corrected chi connectivity index (χ2v) is 5.88. The van der Waals surface area contributed by atoms with Crippen molar-refractivity contribution in [2.24, 2.45) is 5.73 Å². The van der Waals surface area contributed by atoms with E-state index in [1.54, 1.807) is 29.7 Å². The van der Waals surface area contributed by atoms with Crippen molar-refractivity contribution in [1.29, 1.82) is 0 Å². The molecule has 0 atom stereocenters. The Hall–Kier alpha value is -2.16. The van der Waals surface area contributed by atoms with E-state index >= 15 is 0 Å². The van der Waals surface area contributed by atoms with Crippen LogP contribution in [0.3, 0.4) is 0 Å². The number of thiazole rings is 1. The van der Waals surface area contributed by atoms with Crippen molar-refractivity contribution < 1.29 is 4.79 Å². The van der Waals surface area contributed by atoms with E-state index in [0.29, 0.717) is 18.7 Å². The molecule has 0 spiro atoms. The summed E-state index contributed by atoms with van der Waals surface area (Å²) >= 11 is 1.58. The van der Waals surface area contributed by atoms with E-state index in [2.05, 4.69) is 22.1 Å². The predicted molar refractivity (Wildman–Crippen MR) is 85.1 cm³/mol. The van der Waals surface area contributed by atoms with E-state index in [0.717, 1.165) is 21.0 Å². The molecule has 108 valence electrons. The first-order chi connectivity index (χ1) is 10.1. The second-order valence-electron chi connectivity index (χ2n) is 4.56. The quantitative estimate of drug-likeness (QED) is 0.852. The molecule has 0 aliphatic heterocycles. The highest BCUT2D eigenvalue weighted by molar-refractivity contribution is 7.11. The third-order valence-corrected chi connectivity index (χ3v) is 3.83. The van der Waals surface area contributed by atoms with Crippen LogP contribution in [0.25, 0.3) is 0 Å². The lowest BCUT2D eigenvalue weighted by Gasteiger charge is -2.05. The van der Waals surface area contributed by atoms with Gasteiger partial charge in [-0.25, -0.2) is 4.98 Å². The Kier molecular flexibility index (Phi) is 5.09. The minimum atomic E-state index is -0.114. The molecule has 2 rings (SSSR count). The summed E-state index contributed by atoms with van der Waals surface area (Å²) in [4.78, 5) is 17.4. The largest absolute Gasteiger partial charge is 0.347 e. The maximum absolute atomic E-state index is 12.2. The SMILES string of the molecule is Cc1ncc(CNC(=O)c2ccc(C)c(C#CCN)c2)s1. The number of aromatic nitrogens is 1. The van der Waals surface area contributed by atoms with Gasteiger partial charge in [0.15, 0.2) is 0 Å². The van der Waals surface area contributed by atoms with Crippen molar-refractivity contribution in [2.75, 3.05) is 6.54 Å². The normalized spacial score (nSPS) is 9.86. The van der Waals surface area contributed by atoms with Gasteiger partial charge in [0.05, 0.1) is 18.1 Å². The number of amides is 1. The van der Waals surface area contributed by atoms with Crippen molar-refractivity contribution >= 4 is 17.2 Å². The summed E-state index contributed by atoms with van der Waals surface area (Å²) in [5, 5.41) is 3.88. The summed E-state index contributed by atoms with van der Waals surface area (Å²) in [6, 6.07) is 5.49. The average molecular weight is 299 g/mol. The number of hydrogen-bond donors (Lipinski definition) is 2. The number of nitrogens with two attached hydrogens (primary N) is 1. The van der Waals surface area contributed by atoms with Crippen LogP contribution in [0.4, 0.5) is 0 Å². The summed E-state index contributed by atoms with van der Waals surface area (Å²) in [6.07, 6.45) is 1.79. The summed E-state index contributed by atoms with van der Waals surface area (Å²) in [6.45, 7) is 4.70. The molecule has 0 saturated carbocycles. The van der Waals surface area contributed by atoms with Gasteiger partial charge in [0.2, 0.25) is 0 Å². The van der Waals surface area contributed by atoms with Crippen LogP contribution < -0.4 is 11.1 Å². The van der Waals surface area contributed by atoms with Gasteiger partial charge in [-0.3, -0.25) is 4.79 Å². The first-order valence-corrected chi connectivity index (χ1v) is 7.41. The highest BCUT2D eigenvalue weighted by atomic mass is 32.1. The Balaban J connectivity index is 2.08. The molecule has 1 aromatic heterocycles. The van der Waals surface area contributed by atoms with E-state index in [1.165, 1.54) is 0 Å². The molecule has 1 heterocycles. The first-order valence-electron chi connectivity index (χ1n) is 6.59. The molecular weight excluding hydrogens is 282 g/mol. The highest BCUT2D eigenvalue weighted by Crippen LogP contribution is 2.13. The van der Waals surface area contributed by atoms with Crippen LogP contribution in [0.2, 0.25) is 0 Å². The summed E-state index contributed by atoms with van der Waals surface area (Å²) in [7, 11) is 0. The van der Waals surface area contributed by atoms with Gasteiger partial charge in [-0.1, -0.05) is 17.9 Å². The maximum atomic E-state index is 12.2. The molecule has 1 aromatic carbocycles. The zero-order chi connectivity index (χ0) is 15.2. The molecule has 0 saturated heterocycles. The minimum absolute atomic E-state index is 0.114. The Morgan fingerprint density at radius 3 is 2.90 bits per heavy atom. The number of aryl methyl sites for hydroxylation is 2. The molecule has 0 bridgehead atoms. The molecule has 0 unspecified atom stereocenters. The summed E-state index contributed by atoms with van der Waals surface area (Å²) in [5.41, 5.74) is 7.85. The van der Waals surface area contributed by atoms with E-state index < -0.39 is 0 Å². The molecule has 0 aliphatic rings. The van der Waals surface area contributed by atoms with Crippen LogP contribution in [-0.2, 0) is 6.54 Å². The van der Waals surface area contributed by atoms with Crippen molar-refractivity contribution in [3.05, 3.63) is 51.0 Å². The lowest BCUT2D eigenvalue weighted by atomic mass is 10.0. The van der Waals surface area contributed by atoms with E-state index in [9.17, 15) is 4.79 Å². The van der Waals surface area contributed by atoms with E-state index in [-0.39, 0.29) is 5.91 Å². The number of benzene rings is 1. The molecule has 3 N–H and O–H groups in total. The second kappa shape index (κ2) is 7.02. The maximum Gasteiger partial charge on any atom is 0.251 e. The molecule has 4 nitrogen and oxygen atoms in total. The fourth-order valence-electron chi connectivity index (χ4n) is 1.80. The van der Waals surface area contributed by atoms with Gasteiger partial charge < -0.3 is 11.1 Å². The molecule has 0 fully saturated rings. The van der Waals surface area contributed by atoms with Crippen molar-refractivity contribution in [3.8, 4) is 11.8 Å². The number of nitrogens with one attached hydrogen (secondary N) is 1. The summed E-state index contributed by atoms with van der Waals surface area (Å²) < 4.78 is 0. The number of nitrogens with zero attached hydrogens (tertiary/aromatic N) is 1. The standard InChI is InChI=1S/C16H17N3OS/c1-11-5-6-14(8-13(11)4-3-7-17)16(20)19-10-15-9-18-12(2)21-15/h5-6,8-9H,7,10,17H2,1-2H3,(H,19,20). The molecule has 2 aromatic rings. The van der Waals surface area contributed by atoms with Crippen molar-refractivity contribution in [2.45, 2.75) is 20.4 Å². The Morgan fingerprint density at radius 2 is 2.24 bits per heavy atom. The molecular formula is C16H17N3OS. The third-order valence-electron chi connectivity index (χ3n) is 2.92. The fraction of sp³-hybridized carbons (Fsp3) is 0.250. The van der Waals surface area contributed by atoms with Crippen molar-refractivity contribution in [3.63, 3.8) is 0 Å². The van der Waals surface area contributed by atoms with E-state index in [1.807, 2.05) is 19.9 Å². The fourth-order valence-corrected chi connectivity index (χ4v) is 2.54. The topological polar surface area (TPSA) is 68.0 Å². The third kappa shape index (κ3) is 4.15. The number of carbonyl (C=O) groups excluding carboxylic acids is 1. The van der Waals surface area contributed by atoms with Gasteiger partial charge in [0.25, 0.3) is 5.91 Å². The Morgan fingerprint density at radius 1 is 1.43 bits per heavy atom. The molecule has 5 heteroatoms. The zero-order valence-corrected chi connectivity index (χ0v) is 12.9. The van der Waals surface area contributed by atoms with Crippen LogP contribution in [0.1, 0.15) is 31.4 Å². The molecule has 21 heavy (non-hydrogen) atoms. The minimum Gasteiger partial charge on any atom is -0.347 e. The molecule has 1 amide bonds. The first kappa shape index (κ1) is 15.2. The molecule has 0 aliphatic carbocycles. The smallest absolute Gasteiger partial charge is 0.251 e. The van der Waals surface area contributed by atoms with Crippen LogP contribution >= 0.6 is 11.3 Å². The number of carbonyl (C=O) groups is 1. The van der Waals surface area contributed by atoms with Crippen LogP contribution in [0.5, 0.6) is 0 Å². The van der Waals surface area contributed by atoms with Crippen LogP contribution in [0, 0.1) is 25.7 Å². The Labute approximate surface area is 128 Å². The molecule has 0 radical (unpaired) electrons. The monoisotopic (exact) mass is 299 g/mol. The van der Waals surface area contributed by atoms with Gasteiger partial charge in [0, 0.05) is 22.2 Å². The lowest BCUT2D eigenvalue weighted by molar-refractivity contribution is 0.0951. The highest BCUT2D eigenvalue weighted by Gasteiger charge is 2.08. The van der Waals surface area contributed by atoms with Crippen LogP contribution in [0.15, 0.2) is 24.4 Å². The van der Waals surface area contributed by atoms with Crippen LogP contribution in [-0.4, -0.2) is 17.4 Å². The van der Waals surface area contributed by atoms with Gasteiger partial charge >= 0.3 is 0 Å². The predicted octanol–water partition coefficient (Wildman–Crippen LogP) is 2.00. The average Bonchev–Trinajstić information content (AvgIpc) is 2.89. The van der Waals surface area contributed by atoms with Gasteiger partial charge in [-0.2, -0.15) is 0 Å². The van der Waals surface area contributed by atoms with Gasteiger partial charge in [-0.15, -0.1) is 11.3 Å². The lowest BCUT2D eigenvalue weighted by Crippen LogP contribution is -2.22. The zero-order valence-electron chi connectivity index (χ0n) is 12.1. The van der Waals surface area contributed by atoms with E-state index in [4.69, 9.17) is 5.73 Å². The number of rotatable bonds is 3. The van der Waals surface area contributed by atoms with Gasteiger partial charge in [0.1, 0.15) is 0 Å².